The van der Waals surface area contributed by atoms with Crippen LogP contribution in [0, 0.1) is 6.07 Å². The van der Waals surface area contributed by atoms with Gasteiger partial charge >= 0.3 is 26.2 Å². The number of nitrogens with zero attached hydrogens (tertiary/aromatic N) is 1. The van der Waals surface area contributed by atoms with Gasteiger partial charge in [0.2, 0.25) is 0 Å². The molecule has 0 aliphatic carbocycles. The van der Waals surface area contributed by atoms with Crippen molar-refractivity contribution >= 4 is 38.1 Å². The average Bonchev–Trinajstić information content (AvgIpc) is 2.45. The van der Waals surface area contributed by atoms with Gasteiger partial charge in [-0.1, -0.05) is 70.2 Å². The minimum Gasteiger partial charge on any atom is -1.00 e. The Morgan fingerprint density at radius 1 is 0.870 bits per heavy atom. The molecule has 0 atom stereocenters. The third-order valence-electron chi connectivity index (χ3n) is 3.41. The van der Waals surface area contributed by atoms with Gasteiger partial charge in [-0.3, -0.25) is 4.99 Å². The summed E-state index contributed by atoms with van der Waals surface area (Å²) in [6, 6.07) is 17.6. The summed E-state index contributed by atoms with van der Waals surface area (Å²) in [6.07, 6.45) is 1.91. The topological polar surface area (TPSA) is 12.4 Å². The molecule has 0 fully saturated rings. The van der Waals surface area contributed by atoms with Gasteiger partial charge in [-0.15, -0.1) is 0 Å². The van der Waals surface area contributed by atoms with Crippen molar-refractivity contribution < 1.29 is 24.8 Å². The molecule has 0 N–H and O–H groups in total. The van der Waals surface area contributed by atoms with Crippen molar-refractivity contribution in [2.45, 2.75) is 39.5 Å². The van der Waals surface area contributed by atoms with Crippen molar-refractivity contribution in [2.24, 2.45) is 4.99 Å². The third kappa shape index (κ3) is 6.91. The first-order valence-corrected chi connectivity index (χ1v) is 7.23. The van der Waals surface area contributed by atoms with Crippen molar-refractivity contribution in [3.8, 4) is 0 Å². The number of para-hydroxylation sites is 1. The number of hydrogen-bond acceptors (Lipinski definition) is 1. The van der Waals surface area contributed by atoms with Gasteiger partial charge in [0.15, 0.2) is 0 Å². The van der Waals surface area contributed by atoms with Gasteiger partial charge in [-0.05, 0) is 29.0 Å². The zero-order valence-corrected chi connectivity index (χ0v) is 18.9. The molecule has 0 aliphatic rings. The summed E-state index contributed by atoms with van der Waals surface area (Å²) < 4.78 is 0. The quantitative estimate of drug-likeness (QED) is 0.350. The number of aliphatic imine (C=N–C) groups is 1. The molecule has 0 saturated heterocycles. The maximum Gasteiger partial charge on any atom is 2.00 e. The Balaban J connectivity index is 0. The summed E-state index contributed by atoms with van der Waals surface area (Å²) in [5.41, 5.74) is 4.75. The molecule has 0 heterocycles. The van der Waals surface area contributed by atoms with Crippen LogP contribution in [0.2, 0.25) is 0 Å². The molecule has 2 rings (SSSR count). The zero-order chi connectivity index (χ0) is 14.5. The minimum absolute atomic E-state index is 0. The van der Waals surface area contributed by atoms with Crippen LogP contribution in [0.3, 0.4) is 0 Å². The van der Waals surface area contributed by atoms with Gasteiger partial charge in [-0.25, -0.2) is 0 Å². The molecule has 4 heteroatoms. The van der Waals surface area contributed by atoms with E-state index in [2.05, 4.69) is 52.0 Å². The van der Waals surface area contributed by atoms with Crippen LogP contribution >= 0.6 is 0 Å². The molecule has 0 unspecified atom stereocenters. The van der Waals surface area contributed by atoms with E-state index in [1.807, 2.05) is 30.5 Å². The number of rotatable bonds is 4. The molecule has 0 bridgehead atoms. The van der Waals surface area contributed by atoms with Crippen LogP contribution < -0.4 is 24.8 Å². The van der Waals surface area contributed by atoms with E-state index in [-0.39, 0.29) is 51.0 Å². The Kier molecular flexibility index (Phi) is 13.0. The van der Waals surface area contributed by atoms with Crippen LogP contribution in [0.4, 0.5) is 5.69 Å². The number of halogens is 2. The third-order valence-corrected chi connectivity index (χ3v) is 3.41. The van der Waals surface area contributed by atoms with Crippen LogP contribution in [0.1, 0.15) is 56.2 Å². The van der Waals surface area contributed by atoms with E-state index in [1.165, 1.54) is 11.1 Å². The normalized spacial score (nSPS) is 10.2. The van der Waals surface area contributed by atoms with Crippen LogP contribution in [0.25, 0.3) is 0 Å². The van der Waals surface area contributed by atoms with E-state index in [9.17, 15) is 0 Å². The van der Waals surface area contributed by atoms with E-state index in [4.69, 9.17) is 4.99 Å². The Bertz CT molecular complexity index is 569. The van der Waals surface area contributed by atoms with E-state index >= 15 is 0 Å². The molecule has 2 aromatic carbocycles. The predicted octanol–water partition coefficient (Wildman–Crippen LogP) is -0.889. The van der Waals surface area contributed by atoms with E-state index in [0.29, 0.717) is 11.8 Å². The van der Waals surface area contributed by atoms with Crippen molar-refractivity contribution in [3.63, 3.8) is 0 Å². The van der Waals surface area contributed by atoms with Crippen LogP contribution in [0.15, 0.2) is 47.5 Å². The fourth-order valence-electron chi connectivity index (χ4n) is 2.28. The summed E-state index contributed by atoms with van der Waals surface area (Å²) in [5, 5.41) is 0. The molecule has 23 heavy (non-hydrogen) atoms. The van der Waals surface area contributed by atoms with Gasteiger partial charge in [-0.2, -0.15) is 0 Å². The van der Waals surface area contributed by atoms with Gasteiger partial charge in [0.05, 0.1) is 5.69 Å². The van der Waals surface area contributed by atoms with Crippen molar-refractivity contribution in [3.05, 3.63) is 65.2 Å². The summed E-state index contributed by atoms with van der Waals surface area (Å²) in [4.78, 5) is 4.76. The zero-order valence-electron chi connectivity index (χ0n) is 13.9. The van der Waals surface area contributed by atoms with Crippen LogP contribution in [-0.4, -0.2) is 32.4 Å². The van der Waals surface area contributed by atoms with Gasteiger partial charge in [0.1, 0.15) is 0 Å². The number of benzene rings is 2. The minimum atomic E-state index is 0. The molecule has 1 nitrogen and oxygen atoms in total. The molecular weight excluding hydrogens is 522 g/mol. The van der Waals surface area contributed by atoms with E-state index in [1.54, 1.807) is 0 Å². The Hall–Kier alpha value is -0.427. The second-order valence-electron chi connectivity index (χ2n) is 5.67. The van der Waals surface area contributed by atoms with Gasteiger partial charge in [0.25, 0.3) is 0 Å². The van der Waals surface area contributed by atoms with E-state index in [0.717, 1.165) is 11.3 Å². The van der Waals surface area contributed by atoms with Gasteiger partial charge < -0.3 is 24.8 Å². The summed E-state index contributed by atoms with van der Waals surface area (Å²) in [7, 11) is 0. The Labute approximate surface area is 171 Å². The summed E-state index contributed by atoms with van der Waals surface area (Å²) in [6.45, 7) is 8.86. The van der Waals surface area contributed by atoms with Gasteiger partial charge in [0, 0.05) is 11.8 Å². The molecule has 0 spiro atoms. The Morgan fingerprint density at radius 3 is 1.87 bits per heavy atom. The molecule has 2 aromatic rings. The van der Waals surface area contributed by atoms with Crippen LogP contribution in [0.5, 0.6) is 0 Å². The second kappa shape index (κ2) is 12.0. The van der Waals surface area contributed by atoms with Crippen LogP contribution in [-0.2, 0) is 0 Å². The fraction of sp³-hybridized carbons (Fsp3) is 0.316. The number of hydrogen-bond donors (Lipinski definition) is 0. The monoisotopic (exact) mass is 543 g/mol. The molecule has 0 amide bonds. The van der Waals surface area contributed by atoms with E-state index < -0.39 is 0 Å². The smallest absolute Gasteiger partial charge is 1.00 e. The SMILES string of the molecule is CC(C)c1cccc(C(C)C)c1N=Cc1[c]cccc1.[Bi+2].[Cl-].[Cl-]. The first-order chi connectivity index (χ1) is 9.59. The molecule has 122 valence electrons. The molecule has 0 aliphatic heterocycles. The predicted molar refractivity (Wildman–Crippen MR) is 92.9 cm³/mol. The fourth-order valence-corrected chi connectivity index (χ4v) is 2.28. The first kappa shape index (κ1) is 24.8. The molecular formula is C19H22BiCl2N. The second-order valence-corrected chi connectivity index (χ2v) is 5.67. The maximum absolute atomic E-state index is 4.76. The molecule has 4 radical (unpaired) electrons. The van der Waals surface area contributed by atoms with Crippen molar-refractivity contribution in [1.29, 1.82) is 0 Å². The van der Waals surface area contributed by atoms with Crippen molar-refractivity contribution in [1.82, 2.24) is 0 Å². The summed E-state index contributed by atoms with van der Waals surface area (Å²) >= 11 is 0. The maximum atomic E-state index is 4.76. The molecule has 0 aromatic heterocycles. The largest absolute Gasteiger partial charge is 2.00 e. The summed E-state index contributed by atoms with van der Waals surface area (Å²) in [5.74, 6) is 0.946. The average molecular weight is 544 g/mol. The first-order valence-electron chi connectivity index (χ1n) is 7.23. The molecule has 0 saturated carbocycles. The standard InChI is InChI=1S/C19H22N.Bi.2ClH/c1-14(2)17-11-8-12-18(15(3)4)19(17)20-13-16-9-6-5-7-10-16;;;/h5-9,11-15H,1-4H3;;2*1H/q;+2;;/p-2. The van der Waals surface area contributed by atoms with Crippen molar-refractivity contribution in [2.75, 3.05) is 0 Å². The Morgan fingerprint density at radius 2 is 1.43 bits per heavy atom.